The first-order valence-corrected chi connectivity index (χ1v) is 14.8. The normalized spacial score (nSPS) is 17.2. The van der Waals surface area contributed by atoms with Crippen molar-refractivity contribution in [3.63, 3.8) is 0 Å². The van der Waals surface area contributed by atoms with Crippen LogP contribution in [0.2, 0.25) is 0 Å². The molecule has 12 N–H and O–H groups in total. The van der Waals surface area contributed by atoms with E-state index in [1.165, 1.54) is 4.90 Å². The Morgan fingerprint density at radius 1 is 0.977 bits per heavy atom. The molecule has 1 aliphatic rings. The molecule has 0 bridgehead atoms. The summed E-state index contributed by atoms with van der Waals surface area (Å²) in [5.74, 6) is -3.24. The van der Waals surface area contributed by atoms with Crippen LogP contribution in [0.5, 0.6) is 0 Å². The van der Waals surface area contributed by atoms with Gasteiger partial charge < -0.3 is 48.9 Å². The third kappa shape index (κ3) is 11.4. The molecule has 44 heavy (non-hydrogen) atoms. The number of amides is 5. The summed E-state index contributed by atoms with van der Waals surface area (Å²) in [6.45, 7) is 3.46. The molecule has 1 aromatic carbocycles. The Kier molecular flexibility index (Phi) is 14.5. The van der Waals surface area contributed by atoms with Gasteiger partial charge in [-0.25, -0.2) is 0 Å². The first-order valence-electron chi connectivity index (χ1n) is 14.8. The van der Waals surface area contributed by atoms with E-state index in [1.54, 1.807) is 0 Å². The zero-order chi connectivity index (χ0) is 32.8. The molecule has 0 aliphatic carbocycles. The molecule has 0 radical (unpaired) electrons. The number of nitrogens with one attached hydrogen (secondary N) is 3. The number of aliphatic hydroxyl groups is 1. The highest BCUT2D eigenvalue weighted by molar-refractivity contribution is 5.96. The second-order valence-corrected chi connectivity index (χ2v) is 11.3. The second kappa shape index (κ2) is 17.8. The number of carbonyl (C=O) groups is 5. The van der Waals surface area contributed by atoms with Crippen molar-refractivity contribution in [1.29, 1.82) is 0 Å². The van der Waals surface area contributed by atoms with Crippen molar-refractivity contribution in [2.45, 2.75) is 82.6 Å². The van der Waals surface area contributed by atoms with Gasteiger partial charge in [-0.15, -0.1) is 0 Å². The maximum Gasteiger partial charge on any atom is 0.248 e. The predicted octanol–water partition coefficient (Wildman–Crippen LogP) is -2.42. The molecule has 1 heterocycles. The van der Waals surface area contributed by atoms with E-state index in [-0.39, 0.29) is 37.8 Å². The SMILES string of the molecule is CC(C)CC(NC(=O)C(CCCN=C(N)N)NC(=O)C1CCCN1C(=O)C(CO)NC(=O)C(N)Cc1ccccc1)C(N)=O. The van der Waals surface area contributed by atoms with E-state index in [4.69, 9.17) is 22.9 Å². The molecule has 0 spiro atoms. The van der Waals surface area contributed by atoms with Gasteiger partial charge in [0.05, 0.1) is 12.6 Å². The maximum absolute atomic E-state index is 13.4. The summed E-state index contributed by atoms with van der Waals surface area (Å²) in [6, 6.07) is 3.87. The summed E-state index contributed by atoms with van der Waals surface area (Å²) >= 11 is 0. The van der Waals surface area contributed by atoms with Gasteiger partial charge >= 0.3 is 0 Å². The summed E-state index contributed by atoms with van der Waals surface area (Å²) in [5.41, 5.74) is 23.1. The summed E-state index contributed by atoms with van der Waals surface area (Å²) < 4.78 is 0. The fraction of sp³-hybridized carbons (Fsp3) is 0.586. The number of aliphatic imine (C=N–C) groups is 1. The van der Waals surface area contributed by atoms with Gasteiger partial charge in [-0.2, -0.15) is 0 Å². The van der Waals surface area contributed by atoms with Crippen molar-refractivity contribution in [2.24, 2.45) is 33.8 Å². The number of benzene rings is 1. The van der Waals surface area contributed by atoms with Gasteiger partial charge in [0, 0.05) is 13.1 Å². The van der Waals surface area contributed by atoms with E-state index in [1.807, 2.05) is 44.2 Å². The summed E-state index contributed by atoms with van der Waals surface area (Å²) in [6.07, 6.45) is 1.80. The Balaban J connectivity index is 2.12. The third-order valence-electron chi connectivity index (χ3n) is 7.22. The lowest BCUT2D eigenvalue weighted by atomic mass is 10.0. The molecule has 1 aromatic rings. The lowest BCUT2D eigenvalue weighted by molar-refractivity contribution is -0.143. The molecule has 1 saturated heterocycles. The zero-order valence-electron chi connectivity index (χ0n) is 25.4. The predicted molar refractivity (Wildman–Crippen MR) is 164 cm³/mol. The molecular formula is C29H47N9O6. The van der Waals surface area contributed by atoms with E-state index >= 15 is 0 Å². The Labute approximate surface area is 257 Å². The van der Waals surface area contributed by atoms with Crippen molar-refractivity contribution >= 4 is 35.5 Å². The van der Waals surface area contributed by atoms with Crippen LogP contribution in [-0.4, -0.2) is 95.4 Å². The van der Waals surface area contributed by atoms with Crippen molar-refractivity contribution in [3.05, 3.63) is 35.9 Å². The minimum Gasteiger partial charge on any atom is -0.394 e. The average molecular weight is 618 g/mol. The number of primary amides is 1. The molecule has 15 nitrogen and oxygen atoms in total. The summed E-state index contributed by atoms with van der Waals surface area (Å²) in [4.78, 5) is 69.9. The third-order valence-corrected chi connectivity index (χ3v) is 7.22. The molecule has 0 saturated carbocycles. The number of aliphatic hydroxyl groups excluding tert-OH is 1. The van der Waals surface area contributed by atoms with E-state index in [0.29, 0.717) is 25.7 Å². The maximum atomic E-state index is 13.4. The van der Waals surface area contributed by atoms with Crippen molar-refractivity contribution in [1.82, 2.24) is 20.9 Å². The Morgan fingerprint density at radius 2 is 1.64 bits per heavy atom. The molecule has 1 aliphatic heterocycles. The van der Waals surface area contributed by atoms with Gasteiger partial charge in [0.1, 0.15) is 24.2 Å². The lowest BCUT2D eigenvalue weighted by Gasteiger charge is -2.30. The molecular weight excluding hydrogens is 570 g/mol. The van der Waals surface area contributed by atoms with Crippen LogP contribution in [0.4, 0.5) is 0 Å². The van der Waals surface area contributed by atoms with Gasteiger partial charge in [-0.3, -0.25) is 29.0 Å². The van der Waals surface area contributed by atoms with Crippen LogP contribution in [0.3, 0.4) is 0 Å². The Morgan fingerprint density at radius 3 is 2.23 bits per heavy atom. The standard InChI is InChI=1S/C29H47N9O6/c1-17(2)14-21(24(31)40)36-26(42)20(10-6-12-34-29(32)33)35-27(43)23-11-7-13-38(23)28(44)22(16-39)37-25(41)19(30)15-18-8-4-3-5-9-18/h3-5,8-9,17,19-23,39H,6-7,10-16,30H2,1-2H3,(H2,31,40)(H,35,43)(H,36,42)(H,37,41)(H4,32,33,34). The molecule has 5 amide bonds. The van der Waals surface area contributed by atoms with Crippen LogP contribution < -0.4 is 38.9 Å². The molecule has 1 fully saturated rings. The highest BCUT2D eigenvalue weighted by Gasteiger charge is 2.39. The molecule has 244 valence electrons. The van der Waals surface area contributed by atoms with Gasteiger partial charge in [0.25, 0.3) is 0 Å². The number of rotatable bonds is 17. The smallest absolute Gasteiger partial charge is 0.248 e. The van der Waals surface area contributed by atoms with Gasteiger partial charge in [-0.1, -0.05) is 44.2 Å². The number of likely N-dealkylation sites (tertiary alicyclic amines) is 1. The molecule has 5 atom stereocenters. The fourth-order valence-electron chi connectivity index (χ4n) is 4.96. The van der Waals surface area contributed by atoms with E-state index in [0.717, 1.165) is 5.56 Å². The summed E-state index contributed by atoms with van der Waals surface area (Å²) in [5, 5.41) is 17.8. The first kappa shape index (κ1) is 36.0. The second-order valence-electron chi connectivity index (χ2n) is 11.3. The van der Waals surface area contributed by atoms with Crippen LogP contribution >= 0.6 is 0 Å². The van der Waals surface area contributed by atoms with E-state index < -0.39 is 66.4 Å². The first-order chi connectivity index (χ1) is 20.8. The van der Waals surface area contributed by atoms with Crippen LogP contribution in [-0.2, 0) is 30.4 Å². The molecule has 5 unspecified atom stereocenters. The lowest BCUT2D eigenvalue weighted by Crippen LogP contribution is -2.59. The quantitative estimate of drug-likeness (QED) is 0.0524. The fourth-order valence-corrected chi connectivity index (χ4v) is 4.96. The number of hydrogen-bond donors (Lipinski definition) is 8. The highest BCUT2D eigenvalue weighted by atomic mass is 16.3. The zero-order valence-corrected chi connectivity index (χ0v) is 25.4. The van der Waals surface area contributed by atoms with Crippen LogP contribution in [0.1, 0.15) is 51.5 Å². The minimum absolute atomic E-state index is 0.0635. The van der Waals surface area contributed by atoms with Gasteiger partial charge in [-0.05, 0) is 50.0 Å². The highest BCUT2D eigenvalue weighted by Crippen LogP contribution is 2.19. The van der Waals surface area contributed by atoms with Gasteiger partial charge in [0.15, 0.2) is 5.96 Å². The minimum atomic E-state index is -1.32. The van der Waals surface area contributed by atoms with Crippen molar-refractivity contribution in [2.75, 3.05) is 19.7 Å². The van der Waals surface area contributed by atoms with Crippen molar-refractivity contribution in [3.8, 4) is 0 Å². The molecule has 0 aromatic heterocycles. The van der Waals surface area contributed by atoms with Crippen molar-refractivity contribution < 1.29 is 29.1 Å². The van der Waals surface area contributed by atoms with Crippen LogP contribution in [0, 0.1) is 5.92 Å². The molecule has 2 rings (SSSR count). The monoisotopic (exact) mass is 617 g/mol. The van der Waals surface area contributed by atoms with Crippen LogP contribution in [0.15, 0.2) is 35.3 Å². The Hall–Kier alpha value is -4.24. The number of nitrogens with two attached hydrogens (primary N) is 4. The number of carbonyl (C=O) groups excluding carboxylic acids is 5. The van der Waals surface area contributed by atoms with Gasteiger partial charge in [0.2, 0.25) is 29.5 Å². The average Bonchev–Trinajstić information content (AvgIpc) is 3.47. The van der Waals surface area contributed by atoms with E-state index in [2.05, 4.69) is 20.9 Å². The summed E-state index contributed by atoms with van der Waals surface area (Å²) in [7, 11) is 0. The largest absolute Gasteiger partial charge is 0.394 e. The molecule has 15 heteroatoms. The number of guanidine groups is 1. The number of hydrogen-bond acceptors (Lipinski definition) is 8. The Bertz CT molecular complexity index is 1160. The van der Waals surface area contributed by atoms with E-state index in [9.17, 15) is 29.1 Å². The topological polar surface area (TPSA) is 261 Å². The van der Waals surface area contributed by atoms with Crippen LogP contribution in [0.25, 0.3) is 0 Å². The number of nitrogens with zero attached hydrogens (tertiary/aromatic N) is 2.